The molecule has 1 aliphatic rings. The lowest BCUT2D eigenvalue weighted by atomic mass is 10.0. The van der Waals surface area contributed by atoms with Gasteiger partial charge in [0.05, 0.1) is 13.0 Å². The smallest absolute Gasteiger partial charge is 0.410 e. The number of alkyl carbamates (subject to hydrolysis) is 1. The summed E-state index contributed by atoms with van der Waals surface area (Å²) in [6, 6.07) is 9.00. The van der Waals surface area contributed by atoms with Crippen molar-refractivity contribution in [2.75, 3.05) is 20.2 Å². The molecule has 2 rings (SSSR count). The highest BCUT2D eigenvalue weighted by Gasteiger charge is 2.40. The summed E-state index contributed by atoms with van der Waals surface area (Å²) >= 11 is 0. The standard InChI is InChI=1S/C24H33N3O7/c1-23(2,3)34-22(31)27-14-10-9-13-18(15-27)19(28)25-24(4,20(29)32-5)26-21(30)33-16-17-11-7-6-8-12-17/h6-12,18H,13-16H2,1-5H3,(H,25,28)(H,26,30)/t18?,24-/m1/s1. The van der Waals surface area contributed by atoms with Gasteiger partial charge in [0.2, 0.25) is 11.6 Å². The first-order valence-corrected chi connectivity index (χ1v) is 11.0. The number of hydrogen-bond donors (Lipinski definition) is 2. The second-order valence-electron chi connectivity index (χ2n) is 9.08. The summed E-state index contributed by atoms with van der Waals surface area (Å²) in [7, 11) is 1.14. The zero-order valence-corrected chi connectivity index (χ0v) is 20.3. The molecule has 0 saturated heterocycles. The third-order valence-electron chi connectivity index (χ3n) is 4.91. The van der Waals surface area contributed by atoms with Crippen LogP contribution in [0.5, 0.6) is 0 Å². The number of rotatable bonds is 6. The molecule has 3 amide bonds. The number of nitrogens with one attached hydrogen (secondary N) is 2. The maximum atomic E-state index is 13.1. The fourth-order valence-corrected chi connectivity index (χ4v) is 3.19. The van der Waals surface area contributed by atoms with Crippen LogP contribution in [0.2, 0.25) is 0 Å². The molecule has 0 spiro atoms. The number of carbonyl (C=O) groups excluding carboxylic acids is 4. The summed E-state index contributed by atoms with van der Waals surface area (Å²) in [6.45, 7) is 6.92. The van der Waals surface area contributed by atoms with Crippen LogP contribution in [0.3, 0.4) is 0 Å². The van der Waals surface area contributed by atoms with E-state index in [4.69, 9.17) is 14.2 Å². The van der Waals surface area contributed by atoms with Crippen LogP contribution in [0.25, 0.3) is 0 Å². The van der Waals surface area contributed by atoms with Crippen molar-refractivity contribution < 1.29 is 33.4 Å². The average Bonchev–Trinajstić information content (AvgIpc) is 3.03. The monoisotopic (exact) mass is 475 g/mol. The third kappa shape index (κ3) is 8.09. The van der Waals surface area contributed by atoms with Crippen LogP contribution in [0.1, 0.15) is 39.7 Å². The lowest BCUT2D eigenvalue weighted by Gasteiger charge is -2.31. The Morgan fingerprint density at radius 3 is 2.32 bits per heavy atom. The molecule has 0 fully saturated rings. The Hall–Kier alpha value is -3.56. The summed E-state index contributed by atoms with van der Waals surface area (Å²) in [5.74, 6) is -2.11. The highest BCUT2D eigenvalue weighted by Crippen LogP contribution is 2.17. The highest BCUT2D eigenvalue weighted by atomic mass is 16.6. The second-order valence-corrected chi connectivity index (χ2v) is 9.08. The molecule has 0 saturated carbocycles. The van der Waals surface area contributed by atoms with Crippen LogP contribution in [-0.2, 0) is 30.4 Å². The Labute approximate surface area is 199 Å². The van der Waals surface area contributed by atoms with Crippen LogP contribution >= 0.6 is 0 Å². The van der Waals surface area contributed by atoms with Gasteiger partial charge in [-0.05, 0) is 39.7 Å². The molecule has 1 aromatic rings. The number of nitrogens with zero attached hydrogens (tertiary/aromatic N) is 1. The normalized spacial score (nSPS) is 17.6. The fourth-order valence-electron chi connectivity index (χ4n) is 3.19. The van der Waals surface area contributed by atoms with Crippen molar-refractivity contribution in [3.05, 3.63) is 48.0 Å². The van der Waals surface area contributed by atoms with Gasteiger partial charge in [0.15, 0.2) is 0 Å². The van der Waals surface area contributed by atoms with Crippen LogP contribution < -0.4 is 10.6 Å². The molecule has 186 valence electrons. The minimum atomic E-state index is -1.88. The quantitative estimate of drug-likeness (QED) is 0.281. The molecule has 1 aliphatic heterocycles. The van der Waals surface area contributed by atoms with Crippen molar-refractivity contribution in [1.29, 1.82) is 0 Å². The fraction of sp³-hybridized carbons (Fsp3) is 0.500. The molecule has 0 radical (unpaired) electrons. The minimum Gasteiger partial charge on any atom is -0.466 e. The zero-order chi connectivity index (χ0) is 25.4. The second kappa shape index (κ2) is 11.5. The van der Waals surface area contributed by atoms with E-state index in [1.54, 1.807) is 57.2 Å². The summed E-state index contributed by atoms with van der Waals surface area (Å²) in [4.78, 5) is 51.8. The van der Waals surface area contributed by atoms with Gasteiger partial charge in [-0.15, -0.1) is 0 Å². The largest absolute Gasteiger partial charge is 0.466 e. The highest BCUT2D eigenvalue weighted by molar-refractivity contribution is 5.91. The number of ether oxygens (including phenoxy) is 3. The molecular weight excluding hydrogens is 442 g/mol. The van der Waals surface area contributed by atoms with E-state index in [-0.39, 0.29) is 19.7 Å². The molecule has 0 aromatic heterocycles. The summed E-state index contributed by atoms with van der Waals surface area (Å²) < 4.78 is 15.4. The molecule has 1 heterocycles. The van der Waals surface area contributed by atoms with Crippen LogP contribution in [-0.4, -0.2) is 60.4 Å². The van der Waals surface area contributed by atoms with Gasteiger partial charge in [-0.3, -0.25) is 10.1 Å². The molecule has 34 heavy (non-hydrogen) atoms. The van der Waals surface area contributed by atoms with Crippen LogP contribution in [0.15, 0.2) is 42.5 Å². The van der Waals surface area contributed by atoms with E-state index in [1.807, 2.05) is 6.07 Å². The Balaban J connectivity index is 2.06. The van der Waals surface area contributed by atoms with Gasteiger partial charge in [0.25, 0.3) is 0 Å². The van der Waals surface area contributed by atoms with Gasteiger partial charge in [-0.2, -0.15) is 0 Å². The van der Waals surface area contributed by atoms with E-state index in [1.165, 1.54) is 11.8 Å². The summed E-state index contributed by atoms with van der Waals surface area (Å²) in [5, 5.41) is 4.91. The average molecular weight is 476 g/mol. The first kappa shape index (κ1) is 26.7. The van der Waals surface area contributed by atoms with Gasteiger partial charge in [0, 0.05) is 13.1 Å². The molecule has 0 bridgehead atoms. The number of methoxy groups -OCH3 is 1. The lowest BCUT2D eigenvalue weighted by molar-refractivity contribution is -0.152. The van der Waals surface area contributed by atoms with Crippen molar-refractivity contribution in [2.24, 2.45) is 5.92 Å². The minimum absolute atomic E-state index is 0.0177. The van der Waals surface area contributed by atoms with E-state index >= 15 is 0 Å². The Morgan fingerprint density at radius 1 is 1.03 bits per heavy atom. The molecule has 2 atom stereocenters. The first-order chi connectivity index (χ1) is 15.9. The molecule has 0 aliphatic carbocycles. The van der Waals surface area contributed by atoms with Crippen molar-refractivity contribution in [2.45, 2.75) is 52.0 Å². The number of allylic oxidation sites excluding steroid dienone is 1. The third-order valence-corrected chi connectivity index (χ3v) is 4.91. The van der Waals surface area contributed by atoms with Gasteiger partial charge in [-0.25, -0.2) is 14.4 Å². The van der Waals surface area contributed by atoms with Crippen molar-refractivity contribution in [3.8, 4) is 0 Å². The maximum absolute atomic E-state index is 13.1. The Morgan fingerprint density at radius 2 is 1.71 bits per heavy atom. The predicted molar refractivity (Wildman–Crippen MR) is 123 cm³/mol. The zero-order valence-electron chi connectivity index (χ0n) is 20.3. The van der Waals surface area contributed by atoms with Crippen molar-refractivity contribution in [3.63, 3.8) is 0 Å². The van der Waals surface area contributed by atoms with E-state index in [2.05, 4.69) is 10.6 Å². The predicted octanol–water partition coefficient (Wildman–Crippen LogP) is 2.73. The van der Waals surface area contributed by atoms with Gasteiger partial charge in [0.1, 0.15) is 12.2 Å². The molecule has 10 nitrogen and oxygen atoms in total. The molecular formula is C24H33N3O7. The van der Waals surface area contributed by atoms with E-state index < -0.39 is 41.2 Å². The van der Waals surface area contributed by atoms with Crippen molar-refractivity contribution >= 4 is 24.1 Å². The van der Waals surface area contributed by atoms with Crippen LogP contribution in [0, 0.1) is 5.92 Å². The summed E-state index contributed by atoms with van der Waals surface area (Å²) in [5.41, 5.74) is -1.81. The van der Waals surface area contributed by atoms with Crippen molar-refractivity contribution in [1.82, 2.24) is 15.5 Å². The van der Waals surface area contributed by atoms with Gasteiger partial charge in [-0.1, -0.05) is 42.5 Å². The number of amides is 3. The number of benzene rings is 1. The number of carbonyl (C=O) groups is 4. The number of hydrogen-bond acceptors (Lipinski definition) is 7. The first-order valence-electron chi connectivity index (χ1n) is 11.0. The maximum Gasteiger partial charge on any atom is 0.410 e. The molecule has 2 N–H and O–H groups in total. The lowest BCUT2D eigenvalue weighted by Crippen LogP contribution is -2.65. The van der Waals surface area contributed by atoms with E-state index in [0.29, 0.717) is 6.42 Å². The van der Waals surface area contributed by atoms with Gasteiger partial charge >= 0.3 is 18.2 Å². The SMILES string of the molecule is COC(=O)[C@@](C)(NC(=O)OCc1ccccc1)NC(=O)C1CC=CCN(C(=O)OC(C)(C)C)C1. The van der Waals surface area contributed by atoms with E-state index in [9.17, 15) is 19.2 Å². The molecule has 1 unspecified atom stereocenters. The Bertz CT molecular complexity index is 911. The molecule has 1 aromatic carbocycles. The topological polar surface area (TPSA) is 123 Å². The summed E-state index contributed by atoms with van der Waals surface area (Å²) in [6.07, 6.45) is 2.44. The number of esters is 1. The van der Waals surface area contributed by atoms with Gasteiger partial charge < -0.3 is 24.4 Å². The molecule has 10 heteroatoms. The van der Waals surface area contributed by atoms with E-state index in [0.717, 1.165) is 12.7 Å². The Kier molecular flexibility index (Phi) is 9.05. The van der Waals surface area contributed by atoms with Crippen LogP contribution in [0.4, 0.5) is 9.59 Å².